The Bertz CT molecular complexity index is 881. The number of rotatable bonds is 5. The fourth-order valence-corrected chi connectivity index (χ4v) is 4.08. The summed E-state index contributed by atoms with van der Waals surface area (Å²) in [5.41, 5.74) is 0.194. The largest absolute Gasteiger partial charge is 0.455 e. The van der Waals surface area contributed by atoms with Crippen LogP contribution in [0.5, 0.6) is 0 Å². The molecule has 0 bridgehead atoms. The number of carbonyl (C=O) groups excluding carboxylic acids is 2. The average molecular weight is 415 g/mol. The van der Waals surface area contributed by atoms with Crippen molar-refractivity contribution in [3.8, 4) is 0 Å². The van der Waals surface area contributed by atoms with Crippen LogP contribution in [0.1, 0.15) is 24.8 Å². The molecule has 2 heterocycles. The quantitative estimate of drug-likeness (QED) is 0.699. The van der Waals surface area contributed by atoms with E-state index in [1.807, 2.05) is 23.1 Å². The molecule has 1 saturated carbocycles. The summed E-state index contributed by atoms with van der Waals surface area (Å²) in [5.74, 6) is 0.155. The lowest BCUT2D eigenvalue weighted by atomic mass is 9.64. The minimum Gasteiger partial charge on any atom is -0.455 e. The van der Waals surface area contributed by atoms with Gasteiger partial charge in [0.05, 0.1) is 5.41 Å². The molecule has 1 aromatic heterocycles. The zero-order valence-corrected chi connectivity index (χ0v) is 16.8. The maximum Gasteiger partial charge on any atom is 0.317 e. The third-order valence-corrected chi connectivity index (χ3v) is 6.00. The Hall–Kier alpha value is -2.67. The summed E-state index contributed by atoms with van der Waals surface area (Å²) in [6.45, 7) is 2.16. The standard InChI is InChI=1S/C21H23ClN4O3/c22-17-5-1-4-16(14-17)21(6-2-7-21)19(28)29-15-18(27)25-10-12-26(13-11-25)20-23-8-3-9-24-20/h1,3-5,8-9,14H,2,6-7,10-13,15H2. The molecule has 0 atom stereocenters. The molecule has 1 amide bonds. The molecule has 152 valence electrons. The topological polar surface area (TPSA) is 75.6 Å². The van der Waals surface area contributed by atoms with E-state index in [2.05, 4.69) is 9.97 Å². The normalized spacial score (nSPS) is 18.1. The van der Waals surface area contributed by atoms with Crippen molar-refractivity contribution in [3.63, 3.8) is 0 Å². The lowest BCUT2D eigenvalue weighted by Gasteiger charge is -2.40. The molecule has 7 nitrogen and oxygen atoms in total. The minimum atomic E-state index is -0.672. The molecular weight excluding hydrogens is 392 g/mol. The molecule has 1 saturated heterocycles. The molecule has 2 aliphatic rings. The molecule has 1 aliphatic carbocycles. The Kier molecular flexibility index (Phi) is 5.67. The molecular formula is C21H23ClN4O3. The van der Waals surface area contributed by atoms with Gasteiger partial charge in [0.15, 0.2) is 6.61 Å². The highest BCUT2D eigenvalue weighted by molar-refractivity contribution is 6.30. The van der Waals surface area contributed by atoms with Gasteiger partial charge in [-0.1, -0.05) is 30.2 Å². The van der Waals surface area contributed by atoms with Crippen LogP contribution >= 0.6 is 11.6 Å². The summed E-state index contributed by atoms with van der Waals surface area (Å²) < 4.78 is 5.46. The van der Waals surface area contributed by atoms with E-state index in [1.54, 1.807) is 29.4 Å². The Morgan fingerprint density at radius 2 is 1.79 bits per heavy atom. The van der Waals surface area contributed by atoms with Crippen molar-refractivity contribution in [2.45, 2.75) is 24.7 Å². The second-order valence-electron chi connectivity index (χ2n) is 7.44. The Morgan fingerprint density at radius 1 is 1.07 bits per heavy atom. The van der Waals surface area contributed by atoms with Gasteiger partial charge in [-0.05, 0) is 36.6 Å². The number of hydrogen-bond donors (Lipinski definition) is 0. The van der Waals surface area contributed by atoms with Crippen LogP contribution in [0.25, 0.3) is 0 Å². The lowest BCUT2D eigenvalue weighted by Crippen LogP contribution is -2.51. The highest BCUT2D eigenvalue weighted by atomic mass is 35.5. The Morgan fingerprint density at radius 3 is 2.41 bits per heavy atom. The number of benzene rings is 1. The van der Waals surface area contributed by atoms with E-state index in [1.165, 1.54) is 0 Å². The molecule has 1 aliphatic heterocycles. The number of piperazine rings is 1. The first-order valence-electron chi connectivity index (χ1n) is 9.81. The van der Waals surface area contributed by atoms with Crippen LogP contribution < -0.4 is 4.90 Å². The third kappa shape index (κ3) is 4.05. The molecule has 4 rings (SSSR count). The van der Waals surface area contributed by atoms with Crippen molar-refractivity contribution in [3.05, 3.63) is 53.3 Å². The summed E-state index contributed by atoms with van der Waals surface area (Å²) >= 11 is 6.10. The van der Waals surface area contributed by atoms with Crippen molar-refractivity contribution in [2.75, 3.05) is 37.7 Å². The highest BCUT2D eigenvalue weighted by Crippen LogP contribution is 2.45. The van der Waals surface area contributed by atoms with Crippen molar-refractivity contribution < 1.29 is 14.3 Å². The first-order chi connectivity index (χ1) is 14.1. The first kappa shape index (κ1) is 19.6. The number of ether oxygens (including phenoxy) is 1. The molecule has 8 heteroatoms. The van der Waals surface area contributed by atoms with Gasteiger partial charge in [-0.15, -0.1) is 0 Å². The van der Waals surface area contributed by atoms with Gasteiger partial charge in [0, 0.05) is 43.6 Å². The van der Waals surface area contributed by atoms with E-state index < -0.39 is 5.41 Å². The van der Waals surface area contributed by atoms with Crippen LogP contribution in [0.15, 0.2) is 42.7 Å². The number of amides is 1. The second kappa shape index (κ2) is 8.37. The highest BCUT2D eigenvalue weighted by Gasteiger charge is 2.47. The van der Waals surface area contributed by atoms with Crippen LogP contribution in [0.3, 0.4) is 0 Å². The van der Waals surface area contributed by atoms with Crippen molar-refractivity contribution in [1.82, 2.24) is 14.9 Å². The van der Waals surface area contributed by atoms with E-state index in [-0.39, 0.29) is 18.5 Å². The Balaban J connectivity index is 1.31. The summed E-state index contributed by atoms with van der Waals surface area (Å²) in [7, 11) is 0. The van der Waals surface area contributed by atoms with Gasteiger partial charge in [0.1, 0.15) is 0 Å². The monoisotopic (exact) mass is 414 g/mol. The number of hydrogen-bond acceptors (Lipinski definition) is 6. The zero-order valence-electron chi connectivity index (χ0n) is 16.1. The minimum absolute atomic E-state index is 0.174. The number of anilines is 1. The summed E-state index contributed by atoms with van der Waals surface area (Å²) in [4.78, 5) is 37.6. The van der Waals surface area contributed by atoms with E-state index in [4.69, 9.17) is 16.3 Å². The van der Waals surface area contributed by atoms with Gasteiger partial charge in [0.25, 0.3) is 5.91 Å². The van der Waals surface area contributed by atoms with E-state index >= 15 is 0 Å². The summed E-state index contributed by atoms with van der Waals surface area (Å²) in [6, 6.07) is 9.11. The molecule has 2 fully saturated rings. The maximum atomic E-state index is 12.8. The predicted molar refractivity (Wildman–Crippen MR) is 109 cm³/mol. The first-order valence-corrected chi connectivity index (χ1v) is 10.2. The van der Waals surface area contributed by atoms with Crippen LogP contribution in [0, 0.1) is 0 Å². The van der Waals surface area contributed by atoms with Crippen LogP contribution in [-0.2, 0) is 19.7 Å². The van der Waals surface area contributed by atoms with Gasteiger partial charge >= 0.3 is 5.97 Å². The van der Waals surface area contributed by atoms with Crippen LogP contribution in [0.2, 0.25) is 5.02 Å². The average Bonchev–Trinajstić information content (AvgIpc) is 2.72. The van der Waals surface area contributed by atoms with Crippen LogP contribution in [0.4, 0.5) is 5.95 Å². The van der Waals surface area contributed by atoms with Gasteiger partial charge in [-0.3, -0.25) is 9.59 Å². The number of carbonyl (C=O) groups is 2. The van der Waals surface area contributed by atoms with E-state index in [9.17, 15) is 9.59 Å². The number of halogens is 1. The Labute approximate surface area is 174 Å². The van der Waals surface area contributed by atoms with Crippen molar-refractivity contribution >= 4 is 29.4 Å². The van der Waals surface area contributed by atoms with Gasteiger partial charge in [-0.25, -0.2) is 9.97 Å². The number of esters is 1. The fraction of sp³-hybridized carbons (Fsp3) is 0.429. The van der Waals surface area contributed by atoms with Crippen molar-refractivity contribution in [2.24, 2.45) is 0 Å². The molecule has 0 radical (unpaired) electrons. The van der Waals surface area contributed by atoms with E-state index in [0.717, 1.165) is 24.8 Å². The van der Waals surface area contributed by atoms with Gasteiger partial charge in [0.2, 0.25) is 5.95 Å². The SMILES string of the molecule is O=C(COC(=O)C1(c2cccc(Cl)c2)CCC1)N1CCN(c2ncccn2)CC1. The third-order valence-electron chi connectivity index (χ3n) is 5.77. The number of nitrogens with zero attached hydrogens (tertiary/aromatic N) is 4. The second-order valence-corrected chi connectivity index (χ2v) is 7.88. The van der Waals surface area contributed by atoms with Gasteiger partial charge in [-0.2, -0.15) is 0 Å². The molecule has 2 aromatic rings. The van der Waals surface area contributed by atoms with Gasteiger partial charge < -0.3 is 14.5 Å². The fourth-order valence-electron chi connectivity index (χ4n) is 3.89. The molecule has 0 unspecified atom stereocenters. The molecule has 1 aromatic carbocycles. The maximum absolute atomic E-state index is 12.8. The smallest absolute Gasteiger partial charge is 0.317 e. The van der Waals surface area contributed by atoms with Crippen molar-refractivity contribution in [1.29, 1.82) is 0 Å². The number of aromatic nitrogens is 2. The molecule has 0 N–H and O–H groups in total. The van der Waals surface area contributed by atoms with Crippen LogP contribution in [-0.4, -0.2) is 59.5 Å². The lowest BCUT2D eigenvalue weighted by molar-refractivity contribution is -0.160. The molecule has 0 spiro atoms. The zero-order chi connectivity index (χ0) is 20.3. The molecule has 29 heavy (non-hydrogen) atoms. The van der Waals surface area contributed by atoms with E-state index in [0.29, 0.717) is 37.1 Å². The summed E-state index contributed by atoms with van der Waals surface area (Å²) in [5, 5.41) is 0.595. The summed E-state index contributed by atoms with van der Waals surface area (Å²) in [6.07, 6.45) is 5.80. The predicted octanol–water partition coefficient (Wildman–Crippen LogP) is 2.44.